The van der Waals surface area contributed by atoms with E-state index in [1.54, 1.807) is 0 Å². The first-order valence-corrected chi connectivity index (χ1v) is 10.7. The zero-order valence-electron chi connectivity index (χ0n) is 18.1. The summed E-state index contributed by atoms with van der Waals surface area (Å²) >= 11 is 0. The minimum atomic E-state index is -1.11. The van der Waals surface area contributed by atoms with E-state index in [-0.39, 0.29) is 18.2 Å². The lowest BCUT2D eigenvalue weighted by Crippen LogP contribution is -2.51. The summed E-state index contributed by atoms with van der Waals surface area (Å²) in [6.45, 7) is 7.29. The van der Waals surface area contributed by atoms with Crippen molar-refractivity contribution in [2.24, 2.45) is 5.92 Å². The standard InChI is InChI=1S/C22H34N4O4/c1-14(2)13-19(21(28)24-15(3)22(29)30)26-20(27)8-7-17-5-4-6-18(25-17)16-9-11-23-12-10-16/h4-6,14-16,19,23H,7-13H2,1-3H3,(H,24,28)(H,26,27)(H,29,30)/t15-,19-/m0/s1. The lowest BCUT2D eigenvalue weighted by atomic mass is 9.94. The van der Waals surface area contributed by atoms with Gasteiger partial charge in [-0.3, -0.25) is 19.4 Å². The molecule has 0 spiro atoms. The van der Waals surface area contributed by atoms with E-state index < -0.39 is 24.0 Å². The number of rotatable bonds is 10. The Hall–Kier alpha value is -2.48. The predicted octanol–water partition coefficient (Wildman–Crippen LogP) is 1.60. The van der Waals surface area contributed by atoms with Crippen molar-refractivity contribution < 1.29 is 19.5 Å². The summed E-state index contributed by atoms with van der Waals surface area (Å²) < 4.78 is 0. The van der Waals surface area contributed by atoms with E-state index in [9.17, 15) is 14.4 Å². The second kappa shape index (κ2) is 11.6. The number of aryl methyl sites for hydroxylation is 1. The van der Waals surface area contributed by atoms with Gasteiger partial charge in [0.1, 0.15) is 12.1 Å². The zero-order chi connectivity index (χ0) is 22.1. The van der Waals surface area contributed by atoms with Crippen molar-refractivity contribution in [2.75, 3.05) is 13.1 Å². The maximum atomic E-state index is 12.5. The molecule has 1 aromatic rings. The fraction of sp³-hybridized carbons (Fsp3) is 0.636. The van der Waals surface area contributed by atoms with Gasteiger partial charge in [-0.2, -0.15) is 0 Å². The van der Waals surface area contributed by atoms with Crippen molar-refractivity contribution in [3.05, 3.63) is 29.6 Å². The number of pyridine rings is 1. The molecule has 8 heteroatoms. The van der Waals surface area contributed by atoms with Crippen LogP contribution in [0.2, 0.25) is 0 Å². The Morgan fingerprint density at radius 3 is 2.50 bits per heavy atom. The van der Waals surface area contributed by atoms with Crippen LogP contribution in [0, 0.1) is 5.92 Å². The molecule has 0 aromatic carbocycles. The summed E-state index contributed by atoms with van der Waals surface area (Å²) in [5.74, 6) is -1.21. The van der Waals surface area contributed by atoms with E-state index in [1.807, 2.05) is 32.0 Å². The number of carboxylic acids is 1. The average molecular weight is 419 g/mol. The number of aromatic nitrogens is 1. The number of carbonyl (C=O) groups is 3. The summed E-state index contributed by atoms with van der Waals surface area (Å²) in [4.78, 5) is 40.6. The van der Waals surface area contributed by atoms with Crippen molar-refractivity contribution in [1.82, 2.24) is 20.9 Å². The zero-order valence-corrected chi connectivity index (χ0v) is 18.1. The Morgan fingerprint density at radius 2 is 1.87 bits per heavy atom. The van der Waals surface area contributed by atoms with E-state index in [0.29, 0.717) is 18.8 Å². The number of piperidine rings is 1. The molecule has 2 amide bonds. The molecule has 0 aliphatic carbocycles. The lowest BCUT2D eigenvalue weighted by molar-refractivity contribution is -0.141. The Bertz CT molecular complexity index is 732. The summed E-state index contributed by atoms with van der Waals surface area (Å²) in [7, 11) is 0. The second-order valence-corrected chi connectivity index (χ2v) is 8.40. The quantitative estimate of drug-likeness (QED) is 0.458. The SMILES string of the molecule is CC(C)C[C@H](NC(=O)CCc1cccc(C2CCNCC2)n1)C(=O)N[C@@H](C)C(=O)O. The number of amides is 2. The largest absolute Gasteiger partial charge is 0.480 e. The van der Waals surface area contributed by atoms with Crippen LogP contribution >= 0.6 is 0 Å². The highest BCUT2D eigenvalue weighted by Gasteiger charge is 2.25. The monoisotopic (exact) mass is 418 g/mol. The van der Waals surface area contributed by atoms with Gasteiger partial charge < -0.3 is 21.1 Å². The molecule has 2 atom stereocenters. The summed E-state index contributed by atoms with van der Waals surface area (Å²) in [5, 5.41) is 17.5. The minimum absolute atomic E-state index is 0.171. The molecule has 30 heavy (non-hydrogen) atoms. The summed E-state index contributed by atoms with van der Waals surface area (Å²) in [6.07, 6.45) is 3.29. The number of nitrogens with zero attached hydrogens (tertiary/aromatic N) is 1. The third kappa shape index (κ3) is 7.74. The first kappa shape index (κ1) is 23.8. The van der Waals surface area contributed by atoms with Gasteiger partial charge in [-0.15, -0.1) is 0 Å². The highest BCUT2D eigenvalue weighted by atomic mass is 16.4. The number of hydrogen-bond donors (Lipinski definition) is 4. The van der Waals surface area contributed by atoms with Gasteiger partial charge in [-0.05, 0) is 63.7 Å². The number of hydrogen-bond acceptors (Lipinski definition) is 5. The molecule has 166 valence electrons. The fourth-order valence-corrected chi connectivity index (χ4v) is 3.57. The van der Waals surface area contributed by atoms with Crippen LogP contribution in [-0.2, 0) is 20.8 Å². The van der Waals surface area contributed by atoms with E-state index >= 15 is 0 Å². The molecule has 4 N–H and O–H groups in total. The predicted molar refractivity (Wildman–Crippen MR) is 114 cm³/mol. The van der Waals surface area contributed by atoms with Crippen molar-refractivity contribution in [3.63, 3.8) is 0 Å². The molecule has 0 bridgehead atoms. The molecule has 0 saturated carbocycles. The summed E-state index contributed by atoms with van der Waals surface area (Å²) in [5.41, 5.74) is 1.94. The molecular weight excluding hydrogens is 384 g/mol. The molecule has 1 aliphatic rings. The van der Waals surface area contributed by atoms with E-state index in [2.05, 4.69) is 16.0 Å². The number of nitrogens with one attached hydrogen (secondary N) is 3. The Balaban J connectivity index is 1.91. The molecular formula is C22H34N4O4. The van der Waals surface area contributed by atoms with Crippen LogP contribution in [-0.4, -0.2) is 53.0 Å². The number of carbonyl (C=O) groups excluding carboxylic acids is 2. The van der Waals surface area contributed by atoms with Crippen LogP contribution < -0.4 is 16.0 Å². The highest BCUT2D eigenvalue weighted by molar-refractivity contribution is 5.90. The molecule has 1 fully saturated rings. The van der Waals surface area contributed by atoms with Gasteiger partial charge in [-0.1, -0.05) is 19.9 Å². The average Bonchev–Trinajstić information content (AvgIpc) is 2.72. The molecule has 8 nitrogen and oxygen atoms in total. The van der Waals surface area contributed by atoms with Crippen molar-refractivity contribution in [3.8, 4) is 0 Å². The fourth-order valence-electron chi connectivity index (χ4n) is 3.57. The molecule has 0 radical (unpaired) electrons. The van der Waals surface area contributed by atoms with Crippen LogP contribution in [0.25, 0.3) is 0 Å². The van der Waals surface area contributed by atoms with Gasteiger partial charge in [0.15, 0.2) is 0 Å². The normalized spacial score (nSPS) is 16.7. The van der Waals surface area contributed by atoms with E-state index in [4.69, 9.17) is 10.1 Å². The highest BCUT2D eigenvalue weighted by Crippen LogP contribution is 2.23. The van der Waals surface area contributed by atoms with E-state index in [1.165, 1.54) is 6.92 Å². The van der Waals surface area contributed by atoms with Crippen LogP contribution in [0.1, 0.15) is 63.8 Å². The topological polar surface area (TPSA) is 120 Å². The molecule has 2 rings (SSSR count). The third-order valence-corrected chi connectivity index (χ3v) is 5.28. The molecule has 1 saturated heterocycles. The number of aliphatic carboxylic acids is 1. The first-order chi connectivity index (χ1) is 14.3. The molecule has 0 unspecified atom stereocenters. The van der Waals surface area contributed by atoms with Crippen LogP contribution in [0.4, 0.5) is 0 Å². The molecule has 2 heterocycles. The first-order valence-electron chi connectivity index (χ1n) is 10.7. The maximum Gasteiger partial charge on any atom is 0.325 e. The smallest absolute Gasteiger partial charge is 0.325 e. The Morgan fingerprint density at radius 1 is 1.17 bits per heavy atom. The van der Waals surface area contributed by atoms with Gasteiger partial charge >= 0.3 is 5.97 Å². The number of carboxylic acid groups (broad SMARTS) is 1. The van der Waals surface area contributed by atoms with Gasteiger partial charge in [0.25, 0.3) is 0 Å². The van der Waals surface area contributed by atoms with E-state index in [0.717, 1.165) is 37.3 Å². The van der Waals surface area contributed by atoms with Crippen LogP contribution in [0.15, 0.2) is 18.2 Å². The van der Waals surface area contributed by atoms with Gasteiger partial charge in [0.2, 0.25) is 11.8 Å². The van der Waals surface area contributed by atoms with Gasteiger partial charge in [0, 0.05) is 23.7 Å². The molecule has 1 aromatic heterocycles. The Labute approximate surface area is 178 Å². The Kier molecular flexibility index (Phi) is 9.23. The lowest BCUT2D eigenvalue weighted by Gasteiger charge is -2.22. The van der Waals surface area contributed by atoms with Gasteiger partial charge in [-0.25, -0.2) is 0 Å². The van der Waals surface area contributed by atoms with Crippen LogP contribution in [0.5, 0.6) is 0 Å². The van der Waals surface area contributed by atoms with Crippen molar-refractivity contribution in [2.45, 2.75) is 70.9 Å². The van der Waals surface area contributed by atoms with Crippen LogP contribution in [0.3, 0.4) is 0 Å². The van der Waals surface area contributed by atoms with Gasteiger partial charge in [0.05, 0.1) is 0 Å². The maximum absolute atomic E-state index is 12.5. The summed E-state index contributed by atoms with van der Waals surface area (Å²) in [6, 6.07) is 4.19. The van der Waals surface area contributed by atoms with Crippen molar-refractivity contribution in [1.29, 1.82) is 0 Å². The minimum Gasteiger partial charge on any atom is -0.480 e. The third-order valence-electron chi connectivity index (χ3n) is 5.28. The molecule has 1 aliphatic heterocycles. The van der Waals surface area contributed by atoms with Crippen molar-refractivity contribution >= 4 is 17.8 Å². The second-order valence-electron chi connectivity index (χ2n) is 8.40.